The highest BCUT2D eigenvalue weighted by atomic mass is 16.5. The number of nitrogens with one attached hydrogen (secondary N) is 1. The normalized spacial score (nSPS) is 11.8. The van der Waals surface area contributed by atoms with E-state index in [1.165, 1.54) is 7.11 Å². The quantitative estimate of drug-likeness (QED) is 0.666. The van der Waals surface area contributed by atoms with E-state index in [0.29, 0.717) is 24.0 Å². The van der Waals surface area contributed by atoms with Gasteiger partial charge in [-0.2, -0.15) is 0 Å². The number of benzene rings is 2. The van der Waals surface area contributed by atoms with E-state index in [1.54, 1.807) is 12.1 Å². The molecule has 128 valence electrons. The standard InChI is InChI=1S/C18H18N4O3/c1-24-17(23)14-9-7-12(8-10-14)11-20-18-22-21-16(25-18)15(19)13-5-3-2-4-6-13/h2-10,15H,11,19H2,1H3,(H,20,22). The molecule has 0 spiro atoms. The van der Waals surface area contributed by atoms with E-state index in [-0.39, 0.29) is 5.97 Å². The first kappa shape index (κ1) is 16.7. The fraction of sp³-hybridized carbons (Fsp3) is 0.167. The molecule has 0 saturated carbocycles. The summed E-state index contributed by atoms with van der Waals surface area (Å²) in [6, 6.07) is 16.4. The molecule has 7 nitrogen and oxygen atoms in total. The second-order valence-corrected chi connectivity index (χ2v) is 5.38. The number of carbonyl (C=O) groups excluding carboxylic acids is 1. The maximum Gasteiger partial charge on any atom is 0.337 e. The lowest BCUT2D eigenvalue weighted by atomic mass is 10.1. The Morgan fingerprint density at radius 3 is 2.56 bits per heavy atom. The molecular formula is C18H18N4O3. The Bertz CT molecular complexity index is 831. The van der Waals surface area contributed by atoms with Crippen molar-refractivity contribution < 1.29 is 13.9 Å². The van der Waals surface area contributed by atoms with Crippen molar-refractivity contribution in [3.05, 3.63) is 77.2 Å². The number of nitrogens with two attached hydrogens (primary N) is 1. The highest BCUT2D eigenvalue weighted by Crippen LogP contribution is 2.19. The molecule has 3 aromatic rings. The van der Waals surface area contributed by atoms with E-state index in [0.717, 1.165) is 11.1 Å². The summed E-state index contributed by atoms with van der Waals surface area (Å²) in [5.74, 6) is -0.0225. The van der Waals surface area contributed by atoms with Crippen LogP contribution in [0, 0.1) is 0 Å². The number of esters is 1. The topological polar surface area (TPSA) is 103 Å². The molecule has 1 heterocycles. The van der Waals surface area contributed by atoms with E-state index in [9.17, 15) is 4.79 Å². The molecular weight excluding hydrogens is 320 g/mol. The fourth-order valence-corrected chi connectivity index (χ4v) is 2.29. The van der Waals surface area contributed by atoms with Gasteiger partial charge in [-0.3, -0.25) is 0 Å². The van der Waals surface area contributed by atoms with Crippen molar-refractivity contribution in [2.24, 2.45) is 5.73 Å². The minimum atomic E-state index is -0.469. The van der Waals surface area contributed by atoms with Gasteiger partial charge in [0.05, 0.1) is 12.7 Å². The zero-order valence-electron chi connectivity index (χ0n) is 13.7. The lowest BCUT2D eigenvalue weighted by Gasteiger charge is -2.06. The zero-order valence-corrected chi connectivity index (χ0v) is 13.7. The van der Waals surface area contributed by atoms with Crippen LogP contribution in [-0.4, -0.2) is 23.3 Å². The van der Waals surface area contributed by atoms with Gasteiger partial charge in [-0.1, -0.05) is 47.6 Å². The summed E-state index contributed by atoms with van der Waals surface area (Å²) in [6.07, 6.45) is 0. The van der Waals surface area contributed by atoms with Gasteiger partial charge in [0.1, 0.15) is 6.04 Å². The van der Waals surface area contributed by atoms with Gasteiger partial charge in [0.2, 0.25) is 5.89 Å². The van der Waals surface area contributed by atoms with E-state index in [2.05, 4.69) is 20.3 Å². The maximum atomic E-state index is 11.4. The third-order valence-electron chi connectivity index (χ3n) is 3.68. The first-order valence-electron chi connectivity index (χ1n) is 7.72. The Morgan fingerprint density at radius 1 is 1.16 bits per heavy atom. The lowest BCUT2D eigenvalue weighted by molar-refractivity contribution is 0.0600. The van der Waals surface area contributed by atoms with E-state index in [4.69, 9.17) is 10.2 Å². The van der Waals surface area contributed by atoms with Gasteiger partial charge in [0.25, 0.3) is 0 Å². The fourth-order valence-electron chi connectivity index (χ4n) is 2.29. The summed E-state index contributed by atoms with van der Waals surface area (Å²) in [6.45, 7) is 0.476. The lowest BCUT2D eigenvalue weighted by Crippen LogP contribution is -2.12. The van der Waals surface area contributed by atoms with Crippen molar-refractivity contribution in [2.75, 3.05) is 12.4 Å². The predicted octanol–water partition coefficient (Wildman–Crippen LogP) is 2.52. The summed E-state index contributed by atoms with van der Waals surface area (Å²) in [5.41, 5.74) is 8.48. The van der Waals surface area contributed by atoms with Crippen molar-refractivity contribution in [1.82, 2.24) is 10.2 Å². The smallest absolute Gasteiger partial charge is 0.337 e. The van der Waals surface area contributed by atoms with Crippen molar-refractivity contribution in [2.45, 2.75) is 12.6 Å². The van der Waals surface area contributed by atoms with Crippen LogP contribution in [-0.2, 0) is 11.3 Å². The Balaban J connectivity index is 1.61. The Morgan fingerprint density at radius 2 is 1.88 bits per heavy atom. The molecule has 0 saturated heterocycles. The third-order valence-corrected chi connectivity index (χ3v) is 3.68. The second kappa shape index (κ2) is 7.59. The SMILES string of the molecule is COC(=O)c1ccc(CNc2nnc(C(N)c3ccccc3)o2)cc1. The first-order valence-corrected chi connectivity index (χ1v) is 7.72. The first-order chi connectivity index (χ1) is 12.2. The van der Waals surface area contributed by atoms with Gasteiger partial charge >= 0.3 is 12.0 Å². The molecule has 3 rings (SSSR count). The summed E-state index contributed by atoms with van der Waals surface area (Å²) in [4.78, 5) is 11.4. The summed E-state index contributed by atoms with van der Waals surface area (Å²) in [5, 5.41) is 11.0. The molecule has 3 N–H and O–H groups in total. The van der Waals surface area contributed by atoms with Crippen LogP contribution in [0.15, 0.2) is 59.0 Å². The molecule has 0 aliphatic rings. The van der Waals surface area contributed by atoms with Crippen LogP contribution in [0.3, 0.4) is 0 Å². The van der Waals surface area contributed by atoms with Crippen molar-refractivity contribution in [3.63, 3.8) is 0 Å². The minimum absolute atomic E-state index is 0.290. The molecule has 0 amide bonds. The molecule has 2 aromatic carbocycles. The average molecular weight is 338 g/mol. The number of hydrogen-bond donors (Lipinski definition) is 2. The van der Waals surface area contributed by atoms with Gasteiger partial charge in [0.15, 0.2) is 0 Å². The van der Waals surface area contributed by atoms with Crippen molar-refractivity contribution in [3.8, 4) is 0 Å². The summed E-state index contributed by atoms with van der Waals surface area (Å²) >= 11 is 0. The molecule has 1 unspecified atom stereocenters. The monoisotopic (exact) mass is 338 g/mol. The molecule has 25 heavy (non-hydrogen) atoms. The molecule has 0 bridgehead atoms. The second-order valence-electron chi connectivity index (χ2n) is 5.38. The van der Waals surface area contributed by atoms with Gasteiger partial charge < -0.3 is 20.2 Å². The van der Waals surface area contributed by atoms with Crippen LogP contribution in [0.5, 0.6) is 0 Å². The molecule has 0 fully saturated rings. The Labute approximate surface area is 144 Å². The molecule has 1 aromatic heterocycles. The maximum absolute atomic E-state index is 11.4. The number of carbonyl (C=O) groups is 1. The van der Waals surface area contributed by atoms with Gasteiger partial charge in [-0.25, -0.2) is 4.79 Å². The molecule has 0 aliphatic heterocycles. The number of hydrogen-bond acceptors (Lipinski definition) is 7. The predicted molar refractivity (Wildman–Crippen MR) is 91.9 cm³/mol. The van der Waals surface area contributed by atoms with Crippen molar-refractivity contribution >= 4 is 12.0 Å². The zero-order chi connectivity index (χ0) is 17.6. The minimum Gasteiger partial charge on any atom is -0.465 e. The molecule has 1 atom stereocenters. The molecule has 0 radical (unpaired) electrons. The highest BCUT2D eigenvalue weighted by molar-refractivity contribution is 5.89. The van der Waals surface area contributed by atoms with E-state index >= 15 is 0 Å². The summed E-state index contributed by atoms with van der Waals surface area (Å²) in [7, 11) is 1.35. The Hall–Kier alpha value is -3.19. The van der Waals surface area contributed by atoms with Crippen LogP contribution in [0.2, 0.25) is 0 Å². The van der Waals surface area contributed by atoms with Crippen LogP contribution in [0.1, 0.15) is 33.4 Å². The number of nitrogens with zero attached hydrogens (tertiary/aromatic N) is 2. The average Bonchev–Trinajstić information content (AvgIpc) is 3.15. The van der Waals surface area contributed by atoms with E-state index < -0.39 is 6.04 Å². The van der Waals surface area contributed by atoms with Crippen LogP contribution >= 0.6 is 0 Å². The molecule has 0 aliphatic carbocycles. The van der Waals surface area contributed by atoms with Crippen LogP contribution < -0.4 is 11.1 Å². The van der Waals surface area contributed by atoms with Crippen LogP contribution in [0.25, 0.3) is 0 Å². The van der Waals surface area contributed by atoms with Gasteiger partial charge in [-0.05, 0) is 23.3 Å². The third kappa shape index (κ3) is 4.02. The highest BCUT2D eigenvalue weighted by Gasteiger charge is 2.16. The van der Waals surface area contributed by atoms with Gasteiger partial charge in [-0.15, -0.1) is 5.10 Å². The number of methoxy groups -OCH3 is 1. The molecule has 7 heteroatoms. The Kier molecular flexibility index (Phi) is 5.06. The number of anilines is 1. The van der Waals surface area contributed by atoms with Gasteiger partial charge in [0, 0.05) is 6.54 Å². The number of rotatable bonds is 6. The summed E-state index contributed by atoms with van der Waals surface area (Å²) < 4.78 is 10.2. The largest absolute Gasteiger partial charge is 0.465 e. The van der Waals surface area contributed by atoms with E-state index in [1.807, 2.05) is 42.5 Å². The van der Waals surface area contributed by atoms with Crippen molar-refractivity contribution in [1.29, 1.82) is 0 Å². The van der Waals surface area contributed by atoms with Crippen LogP contribution in [0.4, 0.5) is 6.01 Å². The number of aromatic nitrogens is 2. The number of ether oxygens (including phenoxy) is 1.